The standard InChI is InChI=1S/C13H24N2O2/c1-14-10-11-5-3-8-15(11)12(16)9-13(17-2)6-4-7-13/h11,14H,3-10H2,1-2H3. The maximum absolute atomic E-state index is 12.3. The van der Waals surface area contributed by atoms with Crippen LogP contribution in [0.2, 0.25) is 0 Å². The maximum Gasteiger partial charge on any atom is 0.225 e. The first-order valence-corrected chi connectivity index (χ1v) is 6.70. The van der Waals surface area contributed by atoms with Crippen LogP contribution >= 0.6 is 0 Å². The summed E-state index contributed by atoms with van der Waals surface area (Å²) < 4.78 is 5.54. The molecule has 0 bridgehead atoms. The molecule has 0 aromatic heterocycles. The van der Waals surface area contributed by atoms with Gasteiger partial charge in [-0.1, -0.05) is 0 Å². The Morgan fingerprint density at radius 3 is 2.76 bits per heavy atom. The molecule has 1 unspecified atom stereocenters. The summed E-state index contributed by atoms with van der Waals surface area (Å²) in [5.41, 5.74) is -0.135. The number of carbonyl (C=O) groups excluding carboxylic acids is 1. The minimum Gasteiger partial charge on any atom is -0.378 e. The summed E-state index contributed by atoms with van der Waals surface area (Å²) in [5, 5.41) is 3.17. The van der Waals surface area contributed by atoms with Gasteiger partial charge in [0.1, 0.15) is 0 Å². The largest absolute Gasteiger partial charge is 0.378 e. The molecule has 98 valence electrons. The van der Waals surface area contributed by atoms with Gasteiger partial charge in [-0.25, -0.2) is 0 Å². The van der Waals surface area contributed by atoms with Gasteiger partial charge in [-0.3, -0.25) is 4.79 Å². The van der Waals surface area contributed by atoms with E-state index in [4.69, 9.17) is 4.74 Å². The van der Waals surface area contributed by atoms with Crippen molar-refractivity contribution in [3.05, 3.63) is 0 Å². The zero-order valence-electron chi connectivity index (χ0n) is 11.0. The Morgan fingerprint density at radius 1 is 1.47 bits per heavy atom. The lowest BCUT2D eigenvalue weighted by molar-refractivity contribution is -0.144. The predicted octanol–water partition coefficient (Wildman–Crippen LogP) is 1.16. The minimum atomic E-state index is -0.135. The second-order valence-corrected chi connectivity index (χ2v) is 5.36. The Bertz CT molecular complexity index is 271. The van der Waals surface area contributed by atoms with Crippen molar-refractivity contribution in [3.8, 4) is 0 Å². The summed E-state index contributed by atoms with van der Waals surface area (Å²) in [6.45, 7) is 1.83. The van der Waals surface area contributed by atoms with Gasteiger partial charge in [0, 0.05) is 26.2 Å². The molecule has 2 fully saturated rings. The molecular weight excluding hydrogens is 216 g/mol. The molecule has 1 saturated heterocycles. The molecule has 4 heteroatoms. The molecule has 2 aliphatic rings. The molecule has 1 saturated carbocycles. The zero-order chi connectivity index (χ0) is 12.3. The lowest BCUT2D eigenvalue weighted by Crippen LogP contribution is -2.47. The highest BCUT2D eigenvalue weighted by Crippen LogP contribution is 2.38. The van der Waals surface area contributed by atoms with E-state index >= 15 is 0 Å². The van der Waals surface area contributed by atoms with Gasteiger partial charge in [-0.2, -0.15) is 0 Å². The van der Waals surface area contributed by atoms with Crippen LogP contribution in [0.25, 0.3) is 0 Å². The molecule has 0 radical (unpaired) electrons. The number of hydrogen-bond donors (Lipinski definition) is 1. The molecule has 2 rings (SSSR count). The van der Waals surface area contributed by atoms with E-state index in [0.717, 1.165) is 38.8 Å². The highest BCUT2D eigenvalue weighted by atomic mass is 16.5. The summed E-state index contributed by atoms with van der Waals surface area (Å²) in [4.78, 5) is 14.4. The number of hydrogen-bond acceptors (Lipinski definition) is 3. The fraction of sp³-hybridized carbons (Fsp3) is 0.923. The van der Waals surface area contributed by atoms with Crippen LogP contribution in [0.4, 0.5) is 0 Å². The molecule has 0 aromatic rings. The van der Waals surface area contributed by atoms with E-state index in [-0.39, 0.29) is 11.5 Å². The quantitative estimate of drug-likeness (QED) is 0.784. The number of carbonyl (C=O) groups is 1. The Labute approximate surface area is 104 Å². The van der Waals surface area contributed by atoms with Gasteiger partial charge in [0.15, 0.2) is 0 Å². The highest BCUT2D eigenvalue weighted by molar-refractivity contribution is 5.78. The first kappa shape index (κ1) is 12.8. The average molecular weight is 240 g/mol. The van der Waals surface area contributed by atoms with Crippen LogP contribution in [-0.4, -0.2) is 49.7 Å². The summed E-state index contributed by atoms with van der Waals surface area (Å²) >= 11 is 0. The van der Waals surface area contributed by atoms with Crippen molar-refractivity contribution in [2.24, 2.45) is 0 Å². The molecule has 1 aliphatic carbocycles. The van der Waals surface area contributed by atoms with Crippen molar-refractivity contribution in [3.63, 3.8) is 0 Å². The van der Waals surface area contributed by atoms with Gasteiger partial charge in [0.25, 0.3) is 0 Å². The van der Waals surface area contributed by atoms with Crippen LogP contribution in [0, 0.1) is 0 Å². The molecule has 1 heterocycles. The first-order chi connectivity index (χ1) is 8.21. The zero-order valence-corrected chi connectivity index (χ0v) is 11.0. The van der Waals surface area contributed by atoms with E-state index in [0.29, 0.717) is 12.5 Å². The number of ether oxygens (including phenoxy) is 1. The number of likely N-dealkylation sites (N-methyl/N-ethyl adjacent to an activating group) is 1. The Balaban J connectivity index is 1.90. The van der Waals surface area contributed by atoms with Gasteiger partial charge >= 0.3 is 0 Å². The molecule has 17 heavy (non-hydrogen) atoms. The van der Waals surface area contributed by atoms with Gasteiger partial charge in [0.05, 0.1) is 12.0 Å². The van der Waals surface area contributed by atoms with E-state index in [1.807, 2.05) is 7.05 Å². The smallest absolute Gasteiger partial charge is 0.225 e. The van der Waals surface area contributed by atoms with E-state index < -0.39 is 0 Å². The number of nitrogens with one attached hydrogen (secondary N) is 1. The molecule has 0 spiro atoms. The van der Waals surface area contributed by atoms with Crippen LogP contribution < -0.4 is 5.32 Å². The van der Waals surface area contributed by atoms with Crippen LogP contribution in [0.3, 0.4) is 0 Å². The van der Waals surface area contributed by atoms with Crippen molar-refractivity contribution in [2.75, 3.05) is 27.2 Å². The fourth-order valence-corrected chi connectivity index (χ4v) is 3.01. The van der Waals surface area contributed by atoms with E-state index in [2.05, 4.69) is 10.2 Å². The minimum absolute atomic E-state index is 0.135. The molecule has 4 nitrogen and oxygen atoms in total. The van der Waals surface area contributed by atoms with E-state index in [1.54, 1.807) is 7.11 Å². The highest BCUT2D eigenvalue weighted by Gasteiger charge is 2.41. The number of methoxy groups -OCH3 is 1. The number of likely N-dealkylation sites (tertiary alicyclic amines) is 1. The normalized spacial score (nSPS) is 26.9. The van der Waals surface area contributed by atoms with Gasteiger partial charge in [-0.05, 0) is 39.2 Å². The third-order valence-corrected chi connectivity index (χ3v) is 4.31. The van der Waals surface area contributed by atoms with Gasteiger partial charge < -0.3 is 15.0 Å². The van der Waals surface area contributed by atoms with Crippen LogP contribution in [-0.2, 0) is 9.53 Å². The summed E-state index contributed by atoms with van der Waals surface area (Å²) in [7, 11) is 3.69. The lowest BCUT2D eigenvalue weighted by Gasteiger charge is -2.41. The molecule has 1 atom stereocenters. The Kier molecular flexibility index (Phi) is 4.05. The summed E-state index contributed by atoms with van der Waals surface area (Å²) in [6, 6.07) is 0.390. The second kappa shape index (κ2) is 5.36. The molecule has 1 amide bonds. The van der Waals surface area contributed by atoms with E-state index in [1.165, 1.54) is 6.42 Å². The van der Waals surface area contributed by atoms with Crippen LogP contribution in [0.5, 0.6) is 0 Å². The first-order valence-electron chi connectivity index (χ1n) is 6.70. The van der Waals surface area contributed by atoms with Crippen molar-refractivity contribution in [1.82, 2.24) is 10.2 Å². The number of rotatable bonds is 5. The second-order valence-electron chi connectivity index (χ2n) is 5.36. The van der Waals surface area contributed by atoms with Gasteiger partial charge in [0.2, 0.25) is 5.91 Å². The van der Waals surface area contributed by atoms with Crippen molar-refractivity contribution in [1.29, 1.82) is 0 Å². The van der Waals surface area contributed by atoms with Crippen molar-refractivity contribution in [2.45, 2.75) is 50.2 Å². The predicted molar refractivity (Wildman–Crippen MR) is 66.9 cm³/mol. The lowest BCUT2D eigenvalue weighted by atomic mass is 9.77. The monoisotopic (exact) mass is 240 g/mol. The summed E-state index contributed by atoms with van der Waals surface area (Å²) in [5.74, 6) is 0.282. The fourth-order valence-electron chi connectivity index (χ4n) is 3.01. The molecular formula is C13H24N2O2. The van der Waals surface area contributed by atoms with Crippen molar-refractivity contribution < 1.29 is 9.53 Å². The Morgan fingerprint density at radius 2 is 2.24 bits per heavy atom. The van der Waals surface area contributed by atoms with Crippen molar-refractivity contribution >= 4 is 5.91 Å². The molecule has 1 N–H and O–H groups in total. The number of nitrogens with zero attached hydrogens (tertiary/aromatic N) is 1. The third kappa shape index (κ3) is 2.63. The maximum atomic E-state index is 12.3. The average Bonchev–Trinajstić information content (AvgIpc) is 2.72. The molecule has 1 aliphatic heterocycles. The Hall–Kier alpha value is -0.610. The topological polar surface area (TPSA) is 41.6 Å². The molecule has 0 aromatic carbocycles. The number of amides is 1. The van der Waals surface area contributed by atoms with E-state index in [9.17, 15) is 4.79 Å². The van der Waals surface area contributed by atoms with Crippen LogP contribution in [0.1, 0.15) is 38.5 Å². The third-order valence-electron chi connectivity index (χ3n) is 4.31. The van der Waals surface area contributed by atoms with Gasteiger partial charge in [-0.15, -0.1) is 0 Å². The van der Waals surface area contributed by atoms with Crippen LogP contribution in [0.15, 0.2) is 0 Å². The summed E-state index contributed by atoms with van der Waals surface area (Å²) in [6.07, 6.45) is 6.12. The SMILES string of the molecule is CNCC1CCCN1C(=O)CC1(OC)CCC1.